The average molecular weight is 282 g/mol. The maximum atomic E-state index is 10.0. The highest BCUT2D eigenvalue weighted by Crippen LogP contribution is 2.30. The molecule has 0 saturated carbocycles. The summed E-state index contributed by atoms with van der Waals surface area (Å²) in [6.45, 7) is 0. The third kappa shape index (κ3) is 2.51. The highest BCUT2D eigenvalue weighted by Gasteiger charge is 2.08. The van der Waals surface area contributed by atoms with Gasteiger partial charge in [-0.25, -0.2) is 4.98 Å². The molecule has 0 radical (unpaired) electrons. The summed E-state index contributed by atoms with van der Waals surface area (Å²) in [5.74, 6) is 0.159. The molecule has 20 heavy (non-hydrogen) atoms. The molecule has 1 aromatic heterocycles. The van der Waals surface area contributed by atoms with E-state index in [0.29, 0.717) is 10.7 Å². The van der Waals surface area contributed by atoms with Crippen LogP contribution in [0.15, 0.2) is 66.7 Å². The molecule has 0 bridgehead atoms. The summed E-state index contributed by atoms with van der Waals surface area (Å²) in [7, 11) is 0. The zero-order valence-electron chi connectivity index (χ0n) is 10.6. The van der Waals surface area contributed by atoms with Crippen molar-refractivity contribution in [3.05, 3.63) is 71.8 Å². The number of nitrogens with zero attached hydrogens (tertiary/aromatic N) is 1. The van der Waals surface area contributed by atoms with Crippen molar-refractivity contribution in [3.8, 4) is 28.3 Å². The molecule has 0 spiro atoms. The number of hydrogen-bond donors (Lipinski definition) is 1. The first-order chi connectivity index (χ1) is 9.74. The van der Waals surface area contributed by atoms with E-state index in [1.54, 1.807) is 18.2 Å². The molecule has 1 N–H and O–H groups in total. The average Bonchev–Trinajstić information content (AvgIpc) is 2.50. The van der Waals surface area contributed by atoms with Gasteiger partial charge in [-0.05, 0) is 24.3 Å². The summed E-state index contributed by atoms with van der Waals surface area (Å²) in [5.41, 5.74) is 3.24. The topological polar surface area (TPSA) is 33.1 Å². The van der Waals surface area contributed by atoms with Gasteiger partial charge in [0.15, 0.2) is 0 Å². The molecule has 0 aliphatic rings. The number of rotatable bonds is 2. The van der Waals surface area contributed by atoms with Gasteiger partial charge < -0.3 is 5.11 Å². The Kier molecular flexibility index (Phi) is 3.40. The zero-order chi connectivity index (χ0) is 13.9. The van der Waals surface area contributed by atoms with Gasteiger partial charge in [-0.2, -0.15) is 0 Å². The minimum Gasteiger partial charge on any atom is -0.506 e. The van der Waals surface area contributed by atoms with Crippen LogP contribution in [-0.2, 0) is 0 Å². The van der Waals surface area contributed by atoms with Crippen molar-refractivity contribution in [3.63, 3.8) is 0 Å². The first-order valence-corrected chi connectivity index (χ1v) is 6.63. The minimum absolute atomic E-state index is 0.159. The van der Waals surface area contributed by atoms with Gasteiger partial charge in [0.2, 0.25) is 0 Å². The van der Waals surface area contributed by atoms with Crippen molar-refractivity contribution in [1.82, 2.24) is 4.98 Å². The van der Waals surface area contributed by atoms with E-state index in [0.717, 1.165) is 16.8 Å². The Morgan fingerprint density at radius 2 is 1.45 bits per heavy atom. The molecule has 0 aliphatic heterocycles. The predicted octanol–water partition coefficient (Wildman–Crippen LogP) is 4.77. The van der Waals surface area contributed by atoms with Crippen molar-refractivity contribution in [2.45, 2.75) is 0 Å². The van der Waals surface area contributed by atoms with Gasteiger partial charge in [0.05, 0.1) is 5.69 Å². The summed E-state index contributed by atoms with van der Waals surface area (Å²) >= 11 is 5.88. The van der Waals surface area contributed by atoms with Crippen molar-refractivity contribution in [2.24, 2.45) is 0 Å². The van der Waals surface area contributed by atoms with Gasteiger partial charge in [0.1, 0.15) is 11.4 Å². The number of aromatic hydroxyl groups is 1. The van der Waals surface area contributed by atoms with Crippen LogP contribution in [0.1, 0.15) is 0 Å². The number of hydrogen-bond acceptors (Lipinski definition) is 2. The van der Waals surface area contributed by atoms with E-state index in [9.17, 15) is 5.11 Å². The summed E-state index contributed by atoms with van der Waals surface area (Å²) in [6, 6.07) is 20.6. The molecule has 1 heterocycles. The normalized spacial score (nSPS) is 10.4. The quantitative estimate of drug-likeness (QED) is 0.733. The smallest absolute Gasteiger partial charge is 0.141 e. The fraction of sp³-hybridized carbons (Fsp3) is 0. The van der Waals surface area contributed by atoms with Crippen molar-refractivity contribution >= 4 is 11.6 Å². The van der Waals surface area contributed by atoms with Crippen LogP contribution >= 0.6 is 11.6 Å². The molecular weight excluding hydrogens is 270 g/mol. The third-order valence-corrected chi connectivity index (χ3v) is 3.31. The molecular formula is C17H12ClNO. The highest BCUT2D eigenvalue weighted by atomic mass is 35.5. The maximum Gasteiger partial charge on any atom is 0.141 e. The number of pyridine rings is 1. The SMILES string of the molecule is Oc1ccc(-c2ccccc2)nc1-c1ccc(Cl)cc1. The number of halogens is 1. The Hall–Kier alpha value is -2.32. The molecule has 98 valence electrons. The van der Waals surface area contributed by atoms with Crippen LogP contribution in [0.2, 0.25) is 5.02 Å². The molecule has 3 aromatic rings. The lowest BCUT2D eigenvalue weighted by atomic mass is 10.1. The van der Waals surface area contributed by atoms with Gasteiger partial charge in [0.25, 0.3) is 0 Å². The van der Waals surface area contributed by atoms with Crippen molar-refractivity contribution in [2.75, 3.05) is 0 Å². The van der Waals surface area contributed by atoms with Gasteiger partial charge in [-0.1, -0.05) is 54.1 Å². The standard InChI is InChI=1S/C17H12ClNO/c18-14-8-6-13(7-9-14)17-16(20)11-10-15(19-17)12-4-2-1-3-5-12/h1-11,20H. The van der Waals surface area contributed by atoms with Crippen LogP contribution in [-0.4, -0.2) is 10.1 Å². The van der Waals surface area contributed by atoms with E-state index in [2.05, 4.69) is 4.98 Å². The van der Waals surface area contributed by atoms with E-state index in [4.69, 9.17) is 11.6 Å². The Morgan fingerprint density at radius 1 is 0.750 bits per heavy atom. The van der Waals surface area contributed by atoms with Gasteiger partial charge >= 0.3 is 0 Å². The second kappa shape index (κ2) is 5.35. The molecule has 0 fully saturated rings. The molecule has 0 saturated heterocycles. The van der Waals surface area contributed by atoms with Crippen LogP contribution in [0.3, 0.4) is 0 Å². The molecule has 0 unspecified atom stereocenters. The van der Waals surface area contributed by atoms with Crippen LogP contribution in [0.5, 0.6) is 5.75 Å². The monoisotopic (exact) mass is 281 g/mol. The molecule has 2 aromatic carbocycles. The lowest BCUT2D eigenvalue weighted by molar-refractivity contribution is 0.475. The van der Waals surface area contributed by atoms with Gasteiger partial charge in [-0.3, -0.25) is 0 Å². The lowest BCUT2D eigenvalue weighted by Gasteiger charge is -2.07. The van der Waals surface area contributed by atoms with E-state index < -0.39 is 0 Å². The first-order valence-electron chi connectivity index (χ1n) is 6.25. The van der Waals surface area contributed by atoms with Crippen LogP contribution in [0.4, 0.5) is 0 Å². The Labute approximate surface area is 122 Å². The molecule has 3 rings (SSSR count). The summed E-state index contributed by atoms with van der Waals surface area (Å²) < 4.78 is 0. The molecule has 2 nitrogen and oxygen atoms in total. The van der Waals surface area contributed by atoms with Crippen LogP contribution < -0.4 is 0 Å². The zero-order valence-corrected chi connectivity index (χ0v) is 11.4. The van der Waals surface area contributed by atoms with Crippen LogP contribution in [0.25, 0.3) is 22.5 Å². The number of aromatic nitrogens is 1. The second-order valence-electron chi connectivity index (χ2n) is 4.44. The maximum absolute atomic E-state index is 10.0. The Morgan fingerprint density at radius 3 is 2.15 bits per heavy atom. The predicted molar refractivity (Wildman–Crippen MR) is 81.8 cm³/mol. The van der Waals surface area contributed by atoms with E-state index in [-0.39, 0.29) is 5.75 Å². The van der Waals surface area contributed by atoms with Crippen molar-refractivity contribution in [1.29, 1.82) is 0 Å². The van der Waals surface area contributed by atoms with Gasteiger partial charge in [-0.15, -0.1) is 0 Å². The number of benzene rings is 2. The van der Waals surface area contributed by atoms with Crippen LogP contribution in [0, 0.1) is 0 Å². The van der Waals surface area contributed by atoms with E-state index >= 15 is 0 Å². The molecule has 0 aliphatic carbocycles. The van der Waals surface area contributed by atoms with E-state index in [1.807, 2.05) is 48.5 Å². The lowest BCUT2D eigenvalue weighted by Crippen LogP contribution is -1.88. The Bertz CT molecular complexity index is 724. The fourth-order valence-electron chi connectivity index (χ4n) is 2.04. The summed E-state index contributed by atoms with van der Waals surface area (Å²) in [5, 5.41) is 10.7. The van der Waals surface area contributed by atoms with E-state index in [1.165, 1.54) is 0 Å². The molecule has 0 atom stereocenters. The molecule has 0 amide bonds. The Balaban J connectivity index is 2.10. The second-order valence-corrected chi connectivity index (χ2v) is 4.87. The van der Waals surface area contributed by atoms with Gasteiger partial charge in [0, 0.05) is 16.1 Å². The third-order valence-electron chi connectivity index (χ3n) is 3.06. The highest BCUT2D eigenvalue weighted by molar-refractivity contribution is 6.30. The summed E-state index contributed by atoms with van der Waals surface area (Å²) in [4.78, 5) is 4.55. The summed E-state index contributed by atoms with van der Waals surface area (Å²) in [6.07, 6.45) is 0. The fourth-order valence-corrected chi connectivity index (χ4v) is 2.17. The molecule has 3 heteroatoms. The minimum atomic E-state index is 0.159. The first kappa shape index (κ1) is 12.7. The largest absolute Gasteiger partial charge is 0.506 e. The van der Waals surface area contributed by atoms with Crippen molar-refractivity contribution < 1.29 is 5.11 Å².